The van der Waals surface area contributed by atoms with Crippen molar-refractivity contribution in [1.82, 2.24) is 0 Å². The molecule has 40 heavy (non-hydrogen) atoms. The van der Waals surface area contributed by atoms with Crippen LogP contribution >= 0.6 is 24.8 Å². The van der Waals surface area contributed by atoms with Crippen molar-refractivity contribution in [2.75, 3.05) is 27.4 Å². The van der Waals surface area contributed by atoms with E-state index in [1.807, 2.05) is 0 Å². The summed E-state index contributed by atoms with van der Waals surface area (Å²) in [5.41, 5.74) is 4.55. The number of rotatable bonds is 16. The first-order chi connectivity index (χ1) is 18.2. The lowest BCUT2D eigenvalue weighted by molar-refractivity contribution is 0.231. The second-order valence-corrected chi connectivity index (χ2v) is 10.6. The fourth-order valence-corrected chi connectivity index (χ4v) is 4.49. The average molecular weight is 602 g/mol. The highest BCUT2D eigenvalue weighted by Gasteiger charge is 2.11. The molecule has 2 atom stereocenters. The van der Waals surface area contributed by atoms with E-state index in [1.165, 1.54) is 51.4 Å². The highest BCUT2D eigenvalue weighted by atomic mass is 35.5. The molecule has 0 heterocycles. The lowest BCUT2D eigenvalue weighted by Gasteiger charge is -2.18. The van der Waals surface area contributed by atoms with Gasteiger partial charge < -0.3 is 18.9 Å². The van der Waals surface area contributed by atoms with Gasteiger partial charge in [0.25, 0.3) is 0 Å². The zero-order chi connectivity index (χ0) is 28.5. The molecule has 0 aliphatic heterocycles. The second-order valence-electron chi connectivity index (χ2n) is 10.6. The molecule has 0 fully saturated rings. The van der Waals surface area contributed by atoms with Gasteiger partial charge in [0.05, 0.1) is 27.4 Å². The van der Waals surface area contributed by atoms with Gasteiger partial charge in [0.1, 0.15) is 23.0 Å². The number of halogens is 2. The molecule has 0 spiro atoms. The van der Waals surface area contributed by atoms with Crippen LogP contribution in [0.2, 0.25) is 0 Å². The normalized spacial score (nSPS) is 11.7. The van der Waals surface area contributed by atoms with Crippen LogP contribution in [-0.4, -0.2) is 27.4 Å². The Morgan fingerprint density at radius 3 is 1.10 bits per heavy atom. The van der Waals surface area contributed by atoms with Crippen LogP contribution in [0.5, 0.6) is 23.0 Å². The van der Waals surface area contributed by atoms with Gasteiger partial charge >= 0.3 is 0 Å². The zero-order valence-electron chi connectivity index (χ0n) is 27.0. The molecule has 0 bridgehead atoms. The third-order valence-corrected chi connectivity index (χ3v) is 7.42. The molecule has 0 aliphatic rings. The summed E-state index contributed by atoms with van der Waals surface area (Å²) in [6.45, 7) is 18.9. The van der Waals surface area contributed by atoms with Gasteiger partial charge in [-0.3, -0.25) is 0 Å². The van der Waals surface area contributed by atoms with E-state index < -0.39 is 0 Å². The van der Waals surface area contributed by atoms with Crippen molar-refractivity contribution in [2.24, 2.45) is 11.8 Å². The molecule has 0 N–H and O–H groups in total. The first-order valence-corrected chi connectivity index (χ1v) is 14.8. The van der Waals surface area contributed by atoms with Gasteiger partial charge in [-0.2, -0.15) is 0 Å². The fourth-order valence-electron chi connectivity index (χ4n) is 4.49. The molecule has 2 aromatic rings. The van der Waals surface area contributed by atoms with E-state index in [2.05, 4.69) is 79.7 Å². The molecule has 6 heteroatoms. The minimum absolute atomic E-state index is 0. The quantitative estimate of drug-likeness (QED) is 0.192. The average Bonchev–Trinajstić information content (AvgIpc) is 2.92. The van der Waals surface area contributed by atoms with Gasteiger partial charge in [-0.25, -0.2) is 0 Å². The Bertz CT molecular complexity index is 857. The van der Waals surface area contributed by atoms with E-state index in [0.29, 0.717) is 11.8 Å². The van der Waals surface area contributed by atoms with Crippen LogP contribution in [0.1, 0.15) is 101 Å². The van der Waals surface area contributed by atoms with Gasteiger partial charge in [-0.1, -0.05) is 66.2 Å². The summed E-state index contributed by atoms with van der Waals surface area (Å²) in [7, 11) is 3.42. The van der Waals surface area contributed by atoms with Crippen LogP contribution in [0, 0.1) is 39.5 Å². The van der Waals surface area contributed by atoms with Crippen LogP contribution in [0.15, 0.2) is 24.3 Å². The van der Waals surface area contributed by atoms with Gasteiger partial charge in [0.15, 0.2) is 0 Å². The van der Waals surface area contributed by atoms with Crippen molar-refractivity contribution >= 4 is 24.8 Å². The minimum Gasteiger partial charge on any atom is -0.496 e. The molecule has 2 aromatic carbocycles. The molecular formula is C34H58Cl2O4. The molecule has 0 aromatic heterocycles. The van der Waals surface area contributed by atoms with Crippen molar-refractivity contribution in [2.45, 2.75) is 107 Å². The highest BCUT2D eigenvalue weighted by Crippen LogP contribution is 2.29. The Morgan fingerprint density at radius 2 is 0.825 bits per heavy atom. The molecule has 4 nitrogen and oxygen atoms in total. The second kappa shape index (κ2) is 22.9. The van der Waals surface area contributed by atoms with Crippen LogP contribution in [-0.2, 0) is 0 Å². The highest BCUT2D eigenvalue weighted by molar-refractivity contribution is 5.85. The van der Waals surface area contributed by atoms with Gasteiger partial charge in [-0.15, -0.1) is 24.8 Å². The first-order valence-electron chi connectivity index (χ1n) is 14.8. The first kappa shape index (κ1) is 40.4. The molecule has 0 amide bonds. The number of hydrogen-bond donors (Lipinski definition) is 0. The number of benzene rings is 2. The van der Waals surface area contributed by atoms with Crippen LogP contribution in [0.3, 0.4) is 0 Å². The summed E-state index contributed by atoms with van der Waals surface area (Å²) in [6.07, 6.45) is 10.0. The van der Waals surface area contributed by atoms with Crippen molar-refractivity contribution in [1.29, 1.82) is 0 Å². The Balaban J connectivity index is 0. The number of unbranched alkanes of at least 4 members (excludes halogenated alkanes) is 2. The predicted octanol–water partition coefficient (Wildman–Crippen LogP) is 10.7. The monoisotopic (exact) mass is 600 g/mol. The summed E-state index contributed by atoms with van der Waals surface area (Å²) in [6, 6.07) is 8.27. The SMILES string of the molecule is CCCCC(CC)COc1cc(C)c(OC)cc1C.CCCCC(CC)COc1cc(C)c(OC)cc1C.Cl.Cl. The molecule has 2 rings (SSSR count). The van der Waals surface area contributed by atoms with Gasteiger partial charge in [0, 0.05) is 0 Å². The third kappa shape index (κ3) is 14.2. The van der Waals surface area contributed by atoms with Crippen LogP contribution in [0.4, 0.5) is 0 Å². The summed E-state index contributed by atoms with van der Waals surface area (Å²) in [5.74, 6) is 5.19. The Labute approximate surface area is 258 Å². The summed E-state index contributed by atoms with van der Waals surface area (Å²) < 4.78 is 22.7. The maximum Gasteiger partial charge on any atom is 0.122 e. The van der Waals surface area contributed by atoms with E-state index in [4.69, 9.17) is 18.9 Å². The Kier molecular flexibility index (Phi) is 23.1. The standard InChI is InChI=1S/2C17H28O2.2ClH/c2*1-6-8-9-15(7-2)12-19-17-11-13(3)16(18-5)10-14(17)4;;/h2*10-11,15H,6-9,12H2,1-5H3;2*1H. The summed E-state index contributed by atoms with van der Waals surface area (Å²) >= 11 is 0. The lowest BCUT2D eigenvalue weighted by atomic mass is 10.0. The van der Waals surface area contributed by atoms with E-state index in [0.717, 1.165) is 58.5 Å². The molecule has 0 saturated carbocycles. The predicted molar refractivity (Wildman–Crippen MR) is 177 cm³/mol. The van der Waals surface area contributed by atoms with Crippen LogP contribution in [0.25, 0.3) is 0 Å². The summed E-state index contributed by atoms with van der Waals surface area (Å²) in [4.78, 5) is 0. The number of aryl methyl sites for hydroxylation is 4. The number of ether oxygens (including phenoxy) is 4. The van der Waals surface area contributed by atoms with Crippen molar-refractivity contribution < 1.29 is 18.9 Å². The van der Waals surface area contributed by atoms with Crippen molar-refractivity contribution in [3.8, 4) is 23.0 Å². The maximum absolute atomic E-state index is 6.01. The molecule has 0 aliphatic carbocycles. The number of methoxy groups -OCH3 is 2. The molecule has 0 radical (unpaired) electrons. The zero-order valence-corrected chi connectivity index (χ0v) is 28.6. The van der Waals surface area contributed by atoms with Gasteiger partial charge in [-0.05, 0) is 98.9 Å². The Morgan fingerprint density at radius 1 is 0.525 bits per heavy atom. The minimum atomic E-state index is 0. The molecule has 232 valence electrons. The molecule has 2 unspecified atom stereocenters. The lowest BCUT2D eigenvalue weighted by Crippen LogP contribution is -2.12. The topological polar surface area (TPSA) is 36.9 Å². The van der Waals surface area contributed by atoms with E-state index >= 15 is 0 Å². The maximum atomic E-state index is 6.01. The van der Waals surface area contributed by atoms with Gasteiger partial charge in [0.2, 0.25) is 0 Å². The smallest absolute Gasteiger partial charge is 0.122 e. The van der Waals surface area contributed by atoms with E-state index in [9.17, 15) is 0 Å². The molecular weight excluding hydrogens is 543 g/mol. The van der Waals surface area contributed by atoms with Crippen molar-refractivity contribution in [3.05, 3.63) is 46.5 Å². The fraction of sp³-hybridized carbons (Fsp3) is 0.647. The van der Waals surface area contributed by atoms with E-state index in [-0.39, 0.29) is 24.8 Å². The largest absolute Gasteiger partial charge is 0.496 e. The third-order valence-electron chi connectivity index (χ3n) is 7.42. The van der Waals surface area contributed by atoms with Crippen LogP contribution < -0.4 is 18.9 Å². The van der Waals surface area contributed by atoms with E-state index in [1.54, 1.807) is 14.2 Å². The Hall–Kier alpha value is -1.78. The molecule has 0 saturated heterocycles. The summed E-state index contributed by atoms with van der Waals surface area (Å²) in [5, 5.41) is 0. The van der Waals surface area contributed by atoms with Crippen molar-refractivity contribution in [3.63, 3.8) is 0 Å². The number of hydrogen-bond acceptors (Lipinski definition) is 4.